The van der Waals surface area contributed by atoms with Crippen molar-refractivity contribution in [3.05, 3.63) is 28.0 Å². The fourth-order valence-electron chi connectivity index (χ4n) is 0.623. The quantitative estimate of drug-likeness (QED) is 0.686. The van der Waals surface area contributed by atoms with Crippen LogP contribution in [0, 0.1) is 0 Å². The second-order valence-electron chi connectivity index (χ2n) is 1.98. The predicted octanol–water partition coefficient (Wildman–Crippen LogP) is 3.95. The maximum atomic E-state index is 12.9. The Hall–Kier alpha value is 0.240. The van der Waals surface area contributed by atoms with Gasteiger partial charge in [-0.25, -0.2) is 4.39 Å². The van der Waals surface area contributed by atoms with Gasteiger partial charge in [-0.1, -0.05) is 46.4 Å². The average Bonchev–Trinajstić information content (AvgIpc) is 1.83. The van der Waals surface area contributed by atoms with E-state index in [0.717, 1.165) is 0 Å². The van der Waals surface area contributed by atoms with Crippen molar-refractivity contribution in [2.45, 2.75) is 4.59 Å². The van der Waals surface area contributed by atoms with Crippen molar-refractivity contribution in [2.75, 3.05) is 0 Å². The van der Waals surface area contributed by atoms with E-state index >= 15 is 0 Å². The van der Waals surface area contributed by atoms with Gasteiger partial charge in [-0.2, -0.15) is 0 Å². The van der Waals surface area contributed by atoms with Gasteiger partial charge in [-0.3, -0.25) is 4.98 Å². The minimum Gasteiger partial charge on any atom is -0.252 e. The van der Waals surface area contributed by atoms with Crippen molar-refractivity contribution in [3.63, 3.8) is 0 Å². The van der Waals surface area contributed by atoms with E-state index in [1.54, 1.807) is 0 Å². The summed E-state index contributed by atoms with van der Waals surface area (Å²) in [5.41, 5.74) is -0.253. The van der Waals surface area contributed by atoms with E-state index in [1.165, 1.54) is 12.3 Å². The second kappa shape index (κ2) is 3.54. The van der Waals surface area contributed by atoms with Crippen LogP contribution in [0.15, 0.2) is 12.3 Å². The van der Waals surface area contributed by atoms with Gasteiger partial charge in [0, 0.05) is 6.20 Å². The van der Waals surface area contributed by atoms with Crippen LogP contribution in [0.1, 0.15) is 5.69 Å². The second-order valence-corrected chi connectivity index (χ2v) is 4.06. The lowest BCUT2D eigenvalue weighted by Crippen LogP contribution is -2.05. The zero-order valence-corrected chi connectivity index (χ0v) is 8.52. The number of pyridine rings is 1. The number of hydrogen-bond donors (Lipinski definition) is 0. The molecule has 0 saturated heterocycles. The van der Waals surface area contributed by atoms with Crippen molar-refractivity contribution < 1.29 is 4.39 Å². The highest BCUT2D eigenvalue weighted by Gasteiger charge is 2.29. The van der Waals surface area contributed by atoms with Gasteiger partial charge < -0.3 is 0 Å². The largest absolute Gasteiger partial charge is 0.301 e. The Balaban J connectivity index is 3.19. The number of rotatable bonds is 1. The number of nitrogens with zero attached hydrogens (tertiary/aromatic N) is 1. The van der Waals surface area contributed by atoms with Gasteiger partial charge in [-0.05, 0) is 6.07 Å². The molecule has 0 aliphatic heterocycles. The highest BCUT2D eigenvalue weighted by molar-refractivity contribution is 6.47. The number of hydrogen-bond acceptors (Lipinski definition) is 1. The molecule has 0 aliphatic carbocycles. The maximum absolute atomic E-state index is 12.9. The van der Waals surface area contributed by atoms with Crippen molar-refractivity contribution in [1.82, 2.24) is 4.98 Å². The van der Waals surface area contributed by atoms with Gasteiger partial charge >= 0.3 is 4.59 Å². The van der Waals surface area contributed by atoms with Crippen molar-refractivity contribution in [3.8, 4) is 0 Å². The summed E-state index contributed by atoms with van der Waals surface area (Å²) in [5, 5.41) is 0.288. The third-order valence-corrected chi connectivity index (χ3v) is 1.93. The van der Waals surface area contributed by atoms with Crippen LogP contribution in [0.3, 0.4) is 0 Å². The average molecular weight is 249 g/mol. The Morgan fingerprint density at radius 2 is 1.92 bits per heavy atom. The van der Waals surface area contributed by atoms with E-state index in [9.17, 15) is 4.39 Å². The minimum atomic E-state index is -2.58. The summed E-state index contributed by atoms with van der Waals surface area (Å²) in [6.07, 6.45) is 1.21. The molecule has 12 heavy (non-hydrogen) atoms. The molecule has 0 aromatic carbocycles. The summed E-state index contributed by atoms with van der Waals surface area (Å²) in [5.74, 6) is 0. The van der Waals surface area contributed by atoms with Gasteiger partial charge in [0.2, 0.25) is 0 Å². The van der Waals surface area contributed by atoms with Gasteiger partial charge in [0.1, 0.15) is 5.69 Å². The molecule has 1 aromatic heterocycles. The SMILES string of the molecule is FC(Cl)(Cl)c1ncc(Cl)cc1Cl. The standard InChI is InChI=1S/C6H2Cl4FN/c7-3-1-4(8)5(12-2-3)6(9,10)11/h1-2H. The first-order valence-corrected chi connectivity index (χ1v) is 4.30. The van der Waals surface area contributed by atoms with E-state index in [2.05, 4.69) is 4.98 Å². The first-order chi connectivity index (χ1) is 5.41. The molecule has 1 rings (SSSR count). The lowest BCUT2D eigenvalue weighted by molar-refractivity contribution is 0.396. The van der Waals surface area contributed by atoms with Gasteiger partial charge in [0.15, 0.2) is 0 Å². The third kappa shape index (κ3) is 2.36. The van der Waals surface area contributed by atoms with Crippen LogP contribution in [0.25, 0.3) is 0 Å². The first-order valence-electron chi connectivity index (χ1n) is 2.79. The van der Waals surface area contributed by atoms with Crippen molar-refractivity contribution in [1.29, 1.82) is 0 Å². The summed E-state index contributed by atoms with van der Waals surface area (Å²) < 4.78 is 10.3. The maximum Gasteiger partial charge on any atom is 0.301 e. The molecule has 0 N–H and O–H groups in total. The molecule has 1 aromatic rings. The zero-order valence-electron chi connectivity index (χ0n) is 5.49. The Labute approximate surface area is 88.4 Å². The van der Waals surface area contributed by atoms with Gasteiger partial charge in [0.25, 0.3) is 0 Å². The molecule has 0 fully saturated rings. The molecule has 0 amide bonds. The lowest BCUT2D eigenvalue weighted by atomic mass is 10.4. The minimum absolute atomic E-state index is 0.00463. The van der Waals surface area contributed by atoms with Crippen LogP contribution in [-0.2, 0) is 4.59 Å². The van der Waals surface area contributed by atoms with Crippen LogP contribution >= 0.6 is 46.4 Å². The Morgan fingerprint density at radius 1 is 1.33 bits per heavy atom. The van der Waals surface area contributed by atoms with Gasteiger partial charge in [-0.15, -0.1) is 0 Å². The Kier molecular flexibility index (Phi) is 3.05. The fraction of sp³-hybridized carbons (Fsp3) is 0.167. The molecule has 66 valence electrons. The molecule has 6 heteroatoms. The molecular weight excluding hydrogens is 247 g/mol. The molecule has 0 bridgehead atoms. The molecule has 1 heterocycles. The molecule has 1 nitrogen and oxygen atoms in total. The van der Waals surface area contributed by atoms with Crippen LogP contribution < -0.4 is 0 Å². The summed E-state index contributed by atoms with van der Waals surface area (Å²) in [6, 6.07) is 1.31. The zero-order chi connectivity index (χ0) is 9.35. The summed E-state index contributed by atoms with van der Waals surface area (Å²) in [4.78, 5) is 3.55. The highest BCUT2D eigenvalue weighted by atomic mass is 35.5. The summed E-state index contributed by atoms with van der Waals surface area (Å²) >= 11 is 21.3. The van der Waals surface area contributed by atoms with Crippen LogP contribution in [-0.4, -0.2) is 4.98 Å². The number of halogens is 5. The lowest BCUT2D eigenvalue weighted by Gasteiger charge is -2.09. The van der Waals surface area contributed by atoms with E-state index in [4.69, 9.17) is 46.4 Å². The van der Waals surface area contributed by atoms with E-state index < -0.39 is 4.59 Å². The highest BCUT2D eigenvalue weighted by Crippen LogP contribution is 2.38. The molecule has 0 atom stereocenters. The predicted molar refractivity (Wildman–Crippen MR) is 48.7 cm³/mol. The van der Waals surface area contributed by atoms with E-state index in [0.29, 0.717) is 5.02 Å². The van der Waals surface area contributed by atoms with E-state index in [1.807, 2.05) is 0 Å². The molecular formula is C6H2Cl4FN. The molecule has 0 spiro atoms. The van der Waals surface area contributed by atoms with E-state index in [-0.39, 0.29) is 10.7 Å². The smallest absolute Gasteiger partial charge is 0.252 e. The fourth-order valence-corrected chi connectivity index (χ4v) is 1.53. The van der Waals surface area contributed by atoms with Crippen LogP contribution in [0.2, 0.25) is 10.0 Å². The number of aromatic nitrogens is 1. The molecule has 0 radical (unpaired) electrons. The van der Waals surface area contributed by atoms with Crippen molar-refractivity contribution >= 4 is 46.4 Å². The topological polar surface area (TPSA) is 12.9 Å². The molecule has 0 saturated carbocycles. The third-order valence-electron chi connectivity index (χ3n) is 1.08. The van der Waals surface area contributed by atoms with Gasteiger partial charge in [0.05, 0.1) is 10.0 Å². The first kappa shape index (κ1) is 10.3. The Bertz CT molecular complexity index is 296. The monoisotopic (exact) mass is 247 g/mol. The normalized spacial score (nSPS) is 11.8. The molecule has 0 unspecified atom stereocenters. The number of alkyl halides is 3. The van der Waals surface area contributed by atoms with Crippen LogP contribution in [0.5, 0.6) is 0 Å². The molecule has 0 aliphatic rings. The van der Waals surface area contributed by atoms with Crippen LogP contribution in [0.4, 0.5) is 4.39 Å². The van der Waals surface area contributed by atoms with Crippen molar-refractivity contribution in [2.24, 2.45) is 0 Å². The summed E-state index contributed by atoms with van der Waals surface area (Å²) in [7, 11) is 0. The Morgan fingerprint density at radius 3 is 2.33 bits per heavy atom. The summed E-state index contributed by atoms with van der Waals surface area (Å²) in [6.45, 7) is 0.